The van der Waals surface area contributed by atoms with Gasteiger partial charge in [-0.05, 0) is 53.7 Å². The molecule has 29 heavy (non-hydrogen) atoms. The summed E-state index contributed by atoms with van der Waals surface area (Å²) in [5.41, 5.74) is 1.94. The molecule has 2 saturated carbocycles. The summed E-state index contributed by atoms with van der Waals surface area (Å²) in [6.45, 7) is 13.4. The Kier molecular flexibility index (Phi) is 6.30. The molecule has 4 rings (SSSR count). The van der Waals surface area contributed by atoms with Crippen molar-refractivity contribution in [1.29, 1.82) is 0 Å². The van der Waals surface area contributed by atoms with Gasteiger partial charge in [0.1, 0.15) is 0 Å². The number of benzene rings is 1. The van der Waals surface area contributed by atoms with Crippen molar-refractivity contribution in [2.75, 3.05) is 39.3 Å². The van der Waals surface area contributed by atoms with Gasteiger partial charge in [0.05, 0.1) is 18.8 Å². The number of fused-ring (bicyclic) bond motifs is 2. The number of β-amino-alcohol motifs (C(OH)–C–C–N with tert-alkyl or cyclic N) is 1. The second-order valence-corrected chi connectivity index (χ2v) is 10.7. The van der Waals surface area contributed by atoms with Crippen LogP contribution >= 0.6 is 11.6 Å². The van der Waals surface area contributed by atoms with E-state index in [9.17, 15) is 5.11 Å². The SMILES string of the molecule is CC1(C)C2CCC1(C)C(OCC(O)CN1CCN(Cc3ccc(Cl)cc3)CC1)C2. The molecular formula is C24H37ClN2O2. The molecule has 4 atom stereocenters. The van der Waals surface area contributed by atoms with E-state index in [-0.39, 0.29) is 5.41 Å². The van der Waals surface area contributed by atoms with E-state index in [2.05, 4.69) is 42.7 Å². The largest absolute Gasteiger partial charge is 0.389 e. The minimum atomic E-state index is -0.399. The highest BCUT2D eigenvalue weighted by molar-refractivity contribution is 6.30. The molecule has 0 radical (unpaired) electrons. The van der Waals surface area contributed by atoms with E-state index in [4.69, 9.17) is 16.3 Å². The molecule has 2 aliphatic carbocycles. The van der Waals surface area contributed by atoms with Crippen LogP contribution in [0.3, 0.4) is 0 Å². The van der Waals surface area contributed by atoms with Crippen molar-refractivity contribution in [1.82, 2.24) is 9.80 Å². The molecule has 0 amide bonds. The maximum Gasteiger partial charge on any atom is 0.0900 e. The molecule has 4 unspecified atom stereocenters. The van der Waals surface area contributed by atoms with Gasteiger partial charge in [-0.3, -0.25) is 9.80 Å². The van der Waals surface area contributed by atoms with Crippen LogP contribution in [0.2, 0.25) is 5.02 Å². The first-order valence-electron chi connectivity index (χ1n) is 11.3. The molecule has 1 heterocycles. The number of nitrogens with zero attached hydrogens (tertiary/aromatic N) is 2. The minimum absolute atomic E-state index is 0.269. The Hall–Kier alpha value is -0.650. The Labute approximate surface area is 181 Å². The number of halogens is 1. The standard InChI is InChI=1S/C24H37ClN2O2/c1-23(2)19-8-9-24(23,3)22(14-19)29-17-21(28)16-27-12-10-26(11-13-27)15-18-4-6-20(25)7-5-18/h4-7,19,21-22,28H,8-17H2,1-3H3. The van der Waals surface area contributed by atoms with Crippen LogP contribution in [0.5, 0.6) is 0 Å². The van der Waals surface area contributed by atoms with E-state index in [0.717, 1.165) is 43.7 Å². The lowest BCUT2D eigenvalue weighted by atomic mass is 9.70. The van der Waals surface area contributed by atoms with E-state index in [1.54, 1.807) is 0 Å². The van der Waals surface area contributed by atoms with Crippen LogP contribution in [0.15, 0.2) is 24.3 Å². The maximum absolute atomic E-state index is 10.6. The minimum Gasteiger partial charge on any atom is -0.389 e. The van der Waals surface area contributed by atoms with Crippen molar-refractivity contribution >= 4 is 11.6 Å². The summed E-state index contributed by atoms with van der Waals surface area (Å²) in [6.07, 6.45) is 3.68. The summed E-state index contributed by atoms with van der Waals surface area (Å²) in [6, 6.07) is 8.13. The molecule has 1 aromatic rings. The fourth-order valence-electron chi connectivity index (χ4n) is 5.94. The van der Waals surface area contributed by atoms with Gasteiger partial charge in [0.25, 0.3) is 0 Å². The highest BCUT2D eigenvalue weighted by Gasteiger charge is 2.61. The molecule has 3 aliphatic rings. The second kappa shape index (κ2) is 8.47. The number of ether oxygens (including phenoxy) is 1. The van der Waals surface area contributed by atoms with Crippen LogP contribution in [-0.2, 0) is 11.3 Å². The maximum atomic E-state index is 10.6. The number of hydrogen-bond acceptors (Lipinski definition) is 4. The van der Waals surface area contributed by atoms with Gasteiger partial charge in [-0.1, -0.05) is 44.5 Å². The van der Waals surface area contributed by atoms with Crippen LogP contribution < -0.4 is 0 Å². The van der Waals surface area contributed by atoms with E-state index >= 15 is 0 Å². The van der Waals surface area contributed by atoms with Gasteiger partial charge in [-0.25, -0.2) is 0 Å². The smallest absolute Gasteiger partial charge is 0.0900 e. The molecule has 0 aromatic heterocycles. The van der Waals surface area contributed by atoms with E-state index in [1.165, 1.54) is 24.8 Å². The summed E-state index contributed by atoms with van der Waals surface area (Å²) in [5, 5.41) is 11.4. The Morgan fingerprint density at radius 1 is 1.10 bits per heavy atom. The van der Waals surface area contributed by atoms with Crippen LogP contribution in [0, 0.1) is 16.7 Å². The number of rotatable bonds is 7. The van der Waals surface area contributed by atoms with Crippen molar-refractivity contribution in [3.63, 3.8) is 0 Å². The monoisotopic (exact) mass is 420 g/mol. The average Bonchev–Trinajstić information content (AvgIpc) is 3.03. The highest BCUT2D eigenvalue weighted by atomic mass is 35.5. The summed E-state index contributed by atoms with van der Waals surface area (Å²) in [5.74, 6) is 0.781. The Balaban J connectivity index is 1.18. The van der Waals surface area contributed by atoms with Crippen LogP contribution in [0.1, 0.15) is 45.6 Å². The van der Waals surface area contributed by atoms with Crippen molar-refractivity contribution in [2.45, 2.75) is 58.8 Å². The average molecular weight is 421 g/mol. The molecule has 162 valence electrons. The van der Waals surface area contributed by atoms with Crippen LogP contribution in [0.25, 0.3) is 0 Å². The van der Waals surface area contributed by atoms with Gasteiger partial charge in [0, 0.05) is 44.3 Å². The second-order valence-electron chi connectivity index (χ2n) is 10.3. The lowest BCUT2D eigenvalue weighted by Crippen LogP contribution is -2.49. The van der Waals surface area contributed by atoms with Gasteiger partial charge < -0.3 is 9.84 Å². The predicted octanol–water partition coefficient (Wildman–Crippen LogP) is 4.05. The Morgan fingerprint density at radius 2 is 1.76 bits per heavy atom. The van der Waals surface area contributed by atoms with Gasteiger partial charge in [0.2, 0.25) is 0 Å². The van der Waals surface area contributed by atoms with Gasteiger partial charge in [0.15, 0.2) is 0 Å². The summed E-state index contributed by atoms with van der Waals surface area (Å²) in [4.78, 5) is 4.85. The third-order valence-electron chi connectivity index (χ3n) is 8.46. The van der Waals surface area contributed by atoms with E-state index in [0.29, 0.717) is 24.7 Å². The molecular weight excluding hydrogens is 384 g/mol. The Morgan fingerprint density at radius 3 is 2.34 bits per heavy atom. The third-order valence-corrected chi connectivity index (χ3v) is 8.71. The van der Waals surface area contributed by atoms with Gasteiger partial charge in [-0.2, -0.15) is 0 Å². The lowest BCUT2D eigenvalue weighted by molar-refractivity contribution is -0.0807. The number of aliphatic hydroxyl groups excluding tert-OH is 1. The van der Waals surface area contributed by atoms with E-state index in [1.807, 2.05) is 12.1 Å². The molecule has 0 spiro atoms. The summed E-state index contributed by atoms with van der Waals surface area (Å²) >= 11 is 5.97. The molecule has 2 bridgehead atoms. The third kappa shape index (κ3) is 4.38. The normalized spacial score (nSPS) is 33.3. The summed E-state index contributed by atoms with van der Waals surface area (Å²) < 4.78 is 6.29. The lowest BCUT2D eigenvalue weighted by Gasteiger charge is -2.39. The van der Waals surface area contributed by atoms with Gasteiger partial charge in [-0.15, -0.1) is 0 Å². The first kappa shape index (κ1) is 21.6. The molecule has 1 N–H and O–H groups in total. The van der Waals surface area contributed by atoms with Gasteiger partial charge >= 0.3 is 0 Å². The number of hydrogen-bond donors (Lipinski definition) is 1. The van der Waals surface area contributed by atoms with Crippen molar-refractivity contribution in [2.24, 2.45) is 16.7 Å². The fourth-order valence-corrected chi connectivity index (χ4v) is 6.06. The molecule has 1 saturated heterocycles. The number of aliphatic hydroxyl groups is 1. The molecule has 1 aliphatic heterocycles. The first-order valence-corrected chi connectivity index (χ1v) is 11.6. The van der Waals surface area contributed by atoms with Crippen molar-refractivity contribution < 1.29 is 9.84 Å². The zero-order valence-corrected chi connectivity index (χ0v) is 19.0. The fraction of sp³-hybridized carbons (Fsp3) is 0.750. The number of piperazine rings is 1. The highest BCUT2D eigenvalue weighted by Crippen LogP contribution is 2.66. The van der Waals surface area contributed by atoms with E-state index < -0.39 is 6.10 Å². The van der Waals surface area contributed by atoms with Crippen molar-refractivity contribution in [3.8, 4) is 0 Å². The summed E-state index contributed by atoms with van der Waals surface area (Å²) in [7, 11) is 0. The topological polar surface area (TPSA) is 35.9 Å². The van der Waals surface area contributed by atoms with Crippen LogP contribution in [0.4, 0.5) is 0 Å². The Bertz CT molecular complexity index is 687. The predicted molar refractivity (Wildman–Crippen MR) is 118 cm³/mol. The zero-order chi connectivity index (χ0) is 20.6. The van der Waals surface area contributed by atoms with Crippen LogP contribution in [-0.4, -0.2) is 66.4 Å². The first-order chi connectivity index (χ1) is 13.8. The molecule has 1 aromatic carbocycles. The van der Waals surface area contributed by atoms with Crippen molar-refractivity contribution in [3.05, 3.63) is 34.9 Å². The molecule has 3 fully saturated rings. The zero-order valence-electron chi connectivity index (χ0n) is 18.2. The molecule has 4 nitrogen and oxygen atoms in total. The quantitative estimate of drug-likeness (QED) is 0.721. The molecule has 5 heteroatoms.